The Morgan fingerprint density at radius 3 is 2.79 bits per heavy atom. The minimum Gasteiger partial charge on any atom is -0.381 e. The van der Waals surface area contributed by atoms with Crippen molar-refractivity contribution < 1.29 is 0 Å². The summed E-state index contributed by atoms with van der Waals surface area (Å²) in [6, 6.07) is 13.8. The summed E-state index contributed by atoms with van der Waals surface area (Å²) < 4.78 is 0. The normalized spacial score (nSPS) is 23.8. The number of piperidine rings is 2. The van der Waals surface area contributed by atoms with E-state index in [9.17, 15) is 0 Å². The molecule has 0 amide bonds. The number of nitrogens with zero attached hydrogens (tertiary/aromatic N) is 4. The molecule has 1 aromatic carbocycles. The highest BCUT2D eigenvalue weighted by Gasteiger charge is 2.30. The second-order valence-electron chi connectivity index (χ2n) is 8.02. The van der Waals surface area contributed by atoms with E-state index in [1.807, 2.05) is 6.20 Å². The van der Waals surface area contributed by atoms with Gasteiger partial charge in [-0.2, -0.15) is 0 Å². The number of aromatic nitrogens is 3. The molecule has 4 heterocycles. The summed E-state index contributed by atoms with van der Waals surface area (Å²) in [7, 11) is 0. The Hall–Kier alpha value is -2.60. The van der Waals surface area contributed by atoms with E-state index in [-0.39, 0.29) is 0 Å². The van der Waals surface area contributed by atoms with Gasteiger partial charge in [0.15, 0.2) is 0 Å². The molecule has 2 fully saturated rings. The fraction of sp³-hybridized carbons (Fsp3) is 0.455. The number of benzene rings is 1. The lowest BCUT2D eigenvalue weighted by molar-refractivity contribution is 0.139. The smallest absolute Gasteiger partial charge is 0.142 e. The second kappa shape index (κ2) is 7.80. The Bertz CT molecular complexity index is 908. The lowest BCUT2D eigenvalue weighted by atomic mass is 9.98. The van der Waals surface area contributed by atoms with E-state index in [0.717, 1.165) is 36.5 Å². The van der Waals surface area contributed by atoms with Gasteiger partial charge in [-0.3, -0.25) is 4.90 Å². The van der Waals surface area contributed by atoms with Gasteiger partial charge in [-0.25, -0.2) is 9.97 Å². The van der Waals surface area contributed by atoms with Gasteiger partial charge in [0.05, 0.1) is 5.39 Å². The third kappa shape index (κ3) is 3.56. The van der Waals surface area contributed by atoms with Crippen LogP contribution in [0.25, 0.3) is 11.0 Å². The third-order valence-corrected chi connectivity index (χ3v) is 6.14. The fourth-order valence-corrected chi connectivity index (χ4v) is 4.78. The molecule has 0 saturated carbocycles. The van der Waals surface area contributed by atoms with Crippen LogP contribution in [-0.4, -0.2) is 58.1 Å². The van der Waals surface area contributed by atoms with Crippen LogP contribution in [0.5, 0.6) is 0 Å². The molecule has 6 nitrogen and oxygen atoms in total. The molecule has 2 N–H and O–H groups in total. The Morgan fingerprint density at radius 1 is 0.964 bits per heavy atom. The number of nitrogens with one attached hydrogen (secondary N) is 2. The van der Waals surface area contributed by atoms with Crippen molar-refractivity contribution in [1.82, 2.24) is 19.9 Å². The van der Waals surface area contributed by atoms with Crippen molar-refractivity contribution in [2.45, 2.75) is 37.8 Å². The molecule has 146 valence electrons. The van der Waals surface area contributed by atoms with Crippen LogP contribution in [-0.2, 0) is 0 Å². The summed E-state index contributed by atoms with van der Waals surface area (Å²) in [4.78, 5) is 17.3. The standard InChI is InChI=1S/C22H28N6/c1-2-6-17(7-3-1)26-18-8-4-12-27(14-18)19-9-5-13-28(15-19)22-20-10-11-23-21(20)24-16-25-22/h1-3,6-7,10-11,16,18-19,26H,4-5,8-9,12-15H2,(H,23,24,25)/t18?,19-/m1/s1. The highest BCUT2D eigenvalue weighted by atomic mass is 15.3. The van der Waals surface area contributed by atoms with Gasteiger partial charge in [0, 0.05) is 43.6 Å². The maximum absolute atomic E-state index is 4.62. The van der Waals surface area contributed by atoms with E-state index in [2.05, 4.69) is 66.5 Å². The molecule has 2 aliphatic rings. The highest BCUT2D eigenvalue weighted by Crippen LogP contribution is 2.28. The minimum atomic E-state index is 0.530. The predicted octanol–water partition coefficient (Wildman–Crippen LogP) is 3.50. The molecule has 1 unspecified atom stereocenters. The molecule has 2 aromatic heterocycles. The number of hydrogen-bond acceptors (Lipinski definition) is 5. The van der Waals surface area contributed by atoms with Crippen molar-refractivity contribution in [3.63, 3.8) is 0 Å². The molecule has 2 aliphatic heterocycles. The van der Waals surface area contributed by atoms with Crippen molar-refractivity contribution in [3.8, 4) is 0 Å². The summed E-state index contributed by atoms with van der Waals surface area (Å²) in [5, 5.41) is 4.86. The average molecular weight is 377 g/mol. The van der Waals surface area contributed by atoms with Gasteiger partial charge in [0.25, 0.3) is 0 Å². The Kier molecular flexibility index (Phi) is 4.87. The van der Waals surface area contributed by atoms with E-state index in [4.69, 9.17) is 0 Å². The van der Waals surface area contributed by atoms with E-state index >= 15 is 0 Å². The van der Waals surface area contributed by atoms with Crippen LogP contribution < -0.4 is 10.2 Å². The van der Waals surface area contributed by atoms with E-state index < -0.39 is 0 Å². The van der Waals surface area contributed by atoms with Crippen LogP contribution in [0, 0.1) is 0 Å². The SMILES string of the molecule is c1ccc(NC2CCCN([C@@H]3CCCN(c4ncnc5[nH]ccc45)C3)C2)cc1. The van der Waals surface area contributed by atoms with E-state index in [0.29, 0.717) is 12.1 Å². The topological polar surface area (TPSA) is 60.1 Å². The van der Waals surface area contributed by atoms with Crippen molar-refractivity contribution >= 4 is 22.5 Å². The molecule has 6 heteroatoms. The molecule has 0 spiro atoms. The van der Waals surface area contributed by atoms with E-state index in [1.54, 1.807) is 6.33 Å². The number of rotatable bonds is 4. The van der Waals surface area contributed by atoms with Gasteiger partial charge in [0.2, 0.25) is 0 Å². The number of para-hydroxylation sites is 1. The molecule has 5 rings (SSSR count). The largest absolute Gasteiger partial charge is 0.381 e. The number of aromatic amines is 1. The van der Waals surface area contributed by atoms with Crippen LogP contribution in [0.15, 0.2) is 48.9 Å². The number of hydrogen-bond donors (Lipinski definition) is 2. The van der Waals surface area contributed by atoms with Crippen LogP contribution in [0.4, 0.5) is 11.5 Å². The van der Waals surface area contributed by atoms with Crippen molar-refractivity contribution in [3.05, 3.63) is 48.9 Å². The molecule has 28 heavy (non-hydrogen) atoms. The van der Waals surface area contributed by atoms with Crippen LogP contribution in [0.2, 0.25) is 0 Å². The molecular weight excluding hydrogens is 348 g/mol. The van der Waals surface area contributed by atoms with Gasteiger partial charge < -0.3 is 15.2 Å². The number of likely N-dealkylation sites (tertiary alicyclic amines) is 1. The first-order valence-corrected chi connectivity index (χ1v) is 10.5. The van der Waals surface area contributed by atoms with E-state index in [1.165, 1.54) is 37.9 Å². The van der Waals surface area contributed by atoms with Crippen LogP contribution >= 0.6 is 0 Å². The lowest BCUT2D eigenvalue weighted by Gasteiger charge is -2.43. The van der Waals surface area contributed by atoms with Gasteiger partial charge in [-0.05, 0) is 50.4 Å². The fourth-order valence-electron chi connectivity index (χ4n) is 4.78. The van der Waals surface area contributed by atoms with Crippen molar-refractivity contribution in [2.75, 3.05) is 36.4 Å². The predicted molar refractivity (Wildman–Crippen MR) is 114 cm³/mol. The van der Waals surface area contributed by atoms with Gasteiger partial charge in [-0.15, -0.1) is 0 Å². The zero-order valence-electron chi connectivity index (χ0n) is 16.2. The van der Waals surface area contributed by atoms with Gasteiger partial charge >= 0.3 is 0 Å². The molecule has 0 aliphatic carbocycles. The maximum Gasteiger partial charge on any atom is 0.142 e. The quantitative estimate of drug-likeness (QED) is 0.730. The molecule has 0 radical (unpaired) electrons. The molecule has 3 aromatic rings. The maximum atomic E-state index is 4.62. The number of fused-ring (bicyclic) bond motifs is 1. The first-order valence-electron chi connectivity index (χ1n) is 10.5. The van der Waals surface area contributed by atoms with Crippen LogP contribution in [0.3, 0.4) is 0 Å². The average Bonchev–Trinajstić information content (AvgIpc) is 3.24. The van der Waals surface area contributed by atoms with Crippen molar-refractivity contribution in [2.24, 2.45) is 0 Å². The summed E-state index contributed by atoms with van der Waals surface area (Å²) in [5.74, 6) is 1.08. The van der Waals surface area contributed by atoms with Gasteiger partial charge in [-0.1, -0.05) is 18.2 Å². The Morgan fingerprint density at radius 2 is 1.86 bits per heavy atom. The number of anilines is 2. The highest BCUT2D eigenvalue weighted by molar-refractivity contribution is 5.87. The lowest BCUT2D eigenvalue weighted by Crippen LogP contribution is -2.53. The first-order chi connectivity index (χ1) is 13.9. The first kappa shape index (κ1) is 17.5. The number of H-pyrrole nitrogens is 1. The zero-order valence-corrected chi connectivity index (χ0v) is 16.2. The molecule has 2 atom stereocenters. The van der Waals surface area contributed by atoms with Crippen LogP contribution in [0.1, 0.15) is 25.7 Å². The summed E-state index contributed by atoms with van der Waals surface area (Å²) in [6.45, 7) is 4.45. The van der Waals surface area contributed by atoms with Gasteiger partial charge in [0.1, 0.15) is 17.8 Å². The monoisotopic (exact) mass is 376 g/mol. The molecule has 2 saturated heterocycles. The summed E-state index contributed by atoms with van der Waals surface area (Å²) >= 11 is 0. The molecular formula is C22H28N6. The molecule has 0 bridgehead atoms. The Labute approximate surface area is 166 Å². The second-order valence-corrected chi connectivity index (χ2v) is 8.02. The minimum absolute atomic E-state index is 0.530. The summed E-state index contributed by atoms with van der Waals surface area (Å²) in [6.07, 6.45) is 8.63. The van der Waals surface area contributed by atoms with Crippen molar-refractivity contribution in [1.29, 1.82) is 0 Å². The Balaban J connectivity index is 1.27. The summed E-state index contributed by atoms with van der Waals surface area (Å²) in [5.41, 5.74) is 2.16. The third-order valence-electron chi connectivity index (χ3n) is 6.14. The zero-order chi connectivity index (χ0) is 18.8.